The zero-order valence-electron chi connectivity index (χ0n) is 37.9. The van der Waals surface area contributed by atoms with E-state index in [0.29, 0.717) is 31.3 Å². The SMILES string of the molecule is COc1ccc(CN(Cc2ccc(OC)cc2)S(=O)(=O)c2c(SC[C@H](CN(C(=O)O)C(C)(C)C)O[Si](C)(C)C(C)(C)C)ccc(I)c2-c2nnn(Cc3ccc(OC)cc3)n2)cc1. The molecule has 1 heterocycles. The largest absolute Gasteiger partial charge is 0.497 e. The van der Waals surface area contributed by atoms with E-state index in [-0.39, 0.29) is 47.7 Å². The Morgan fingerprint density at radius 1 is 0.810 bits per heavy atom. The fourth-order valence-electron chi connectivity index (χ4n) is 6.39. The van der Waals surface area contributed by atoms with Crippen molar-refractivity contribution in [2.24, 2.45) is 0 Å². The number of hydrogen-bond acceptors (Lipinski definition) is 11. The first-order valence-corrected chi connectivity index (χ1v) is 26.8. The van der Waals surface area contributed by atoms with Crippen LogP contribution in [0.2, 0.25) is 18.1 Å². The van der Waals surface area contributed by atoms with Crippen LogP contribution in [0, 0.1) is 3.57 Å². The van der Waals surface area contributed by atoms with Crippen molar-refractivity contribution in [3.05, 3.63) is 105 Å². The summed E-state index contributed by atoms with van der Waals surface area (Å²) in [5.74, 6) is 2.40. The highest BCUT2D eigenvalue weighted by Crippen LogP contribution is 2.42. The first-order chi connectivity index (χ1) is 29.6. The van der Waals surface area contributed by atoms with E-state index in [0.717, 1.165) is 16.7 Å². The number of hydrogen-bond donors (Lipinski definition) is 1. The first kappa shape index (κ1) is 49.8. The highest BCUT2D eigenvalue weighted by atomic mass is 127. The lowest BCUT2D eigenvalue weighted by Crippen LogP contribution is -2.53. The maximum absolute atomic E-state index is 15.8. The molecular weight excluding hydrogens is 972 g/mol. The number of sulfonamides is 1. The fraction of sp³-hybridized carbons (Fsp3) is 0.422. The topological polar surface area (TPSA) is 158 Å². The van der Waals surface area contributed by atoms with E-state index in [2.05, 4.69) is 66.8 Å². The predicted molar refractivity (Wildman–Crippen MR) is 258 cm³/mol. The lowest BCUT2D eigenvalue weighted by Gasteiger charge is -2.42. The van der Waals surface area contributed by atoms with E-state index in [4.69, 9.17) is 23.7 Å². The molecule has 0 saturated heterocycles. The molecule has 1 aromatic heterocycles. The van der Waals surface area contributed by atoms with Gasteiger partial charge in [0.25, 0.3) is 0 Å². The van der Waals surface area contributed by atoms with Gasteiger partial charge in [-0.1, -0.05) is 57.2 Å². The van der Waals surface area contributed by atoms with Crippen LogP contribution in [0.3, 0.4) is 0 Å². The van der Waals surface area contributed by atoms with Crippen molar-refractivity contribution in [1.82, 2.24) is 29.4 Å². The summed E-state index contributed by atoms with van der Waals surface area (Å²) in [6, 6.07) is 25.7. The Hall–Kier alpha value is -4.21. The molecule has 4 aromatic carbocycles. The average Bonchev–Trinajstić information content (AvgIpc) is 3.69. The summed E-state index contributed by atoms with van der Waals surface area (Å²) in [5.41, 5.74) is 1.98. The van der Waals surface area contributed by atoms with E-state index in [1.165, 1.54) is 25.8 Å². The van der Waals surface area contributed by atoms with E-state index >= 15 is 8.42 Å². The van der Waals surface area contributed by atoms with E-state index < -0.39 is 36.1 Å². The predicted octanol–water partition coefficient (Wildman–Crippen LogP) is 9.67. The molecule has 0 bridgehead atoms. The van der Waals surface area contributed by atoms with Crippen LogP contribution in [0.4, 0.5) is 4.79 Å². The maximum Gasteiger partial charge on any atom is 0.407 e. The smallest absolute Gasteiger partial charge is 0.407 e. The van der Waals surface area contributed by atoms with Crippen molar-refractivity contribution in [3.63, 3.8) is 0 Å². The molecule has 63 heavy (non-hydrogen) atoms. The van der Waals surface area contributed by atoms with Crippen molar-refractivity contribution in [2.75, 3.05) is 33.6 Å². The van der Waals surface area contributed by atoms with Gasteiger partial charge in [-0.25, -0.2) is 13.2 Å². The lowest BCUT2D eigenvalue weighted by molar-refractivity contribution is 0.0668. The Labute approximate surface area is 391 Å². The third kappa shape index (κ3) is 12.7. The molecule has 340 valence electrons. The molecule has 1 amide bonds. The average molecular weight is 1030 g/mol. The van der Waals surface area contributed by atoms with Gasteiger partial charge in [0.15, 0.2) is 8.32 Å². The normalized spacial score (nSPS) is 12.9. The molecule has 0 saturated carbocycles. The maximum atomic E-state index is 15.8. The summed E-state index contributed by atoms with van der Waals surface area (Å²) in [5, 5.41) is 23.8. The van der Waals surface area contributed by atoms with Crippen LogP contribution in [0.5, 0.6) is 17.2 Å². The minimum atomic E-state index is -4.41. The van der Waals surface area contributed by atoms with Crippen LogP contribution < -0.4 is 14.2 Å². The number of benzene rings is 4. The number of amides is 1. The second kappa shape index (κ2) is 20.7. The Bertz CT molecular complexity index is 2370. The molecule has 1 N–H and O–H groups in total. The van der Waals surface area contributed by atoms with Crippen molar-refractivity contribution in [1.29, 1.82) is 0 Å². The fourth-order valence-corrected chi connectivity index (χ4v) is 11.8. The molecule has 0 unspecified atom stereocenters. The van der Waals surface area contributed by atoms with Gasteiger partial charge in [0, 0.05) is 32.8 Å². The Kier molecular flexibility index (Phi) is 16.4. The number of carbonyl (C=O) groups is 1. The van der Waals surface area contributed by atoms with Gasteiger partial charge in [0.1, 0.15) is 22.1 Å². The zero-order valence-corrected chi connectivity index (χ0v) is 42.7. The highest BCUT2D eigenvalue weighted by Gasteiger charge is 2.41. The standard InChI is InChI=1S/C45H59IN6O8S2Si/c1-44(2,3)51(43(53)54)29-37(60-63(10,11)45(4,5)6)30-61-39-25-24-38(46)40(42-47-49-52(48-42)28-33-16-22-36(59-9)23-17-33)41(39)62(55,56)50(26-31-12-18-34(57-7)19-13-31)27-32-14-20-35(58-8)21-15-32/h12-25,37H,26-30H2,1-11H3,(H,53,54)/t37-/m0/s1. The molecule has 0 spiro atoms. The van der Waals surface area contributed by atoms with E-state index in [1.807, 2.05) is 75.4 Å². The van der Waals surface area contributed by atoms with Gasteiger partial charge in [-0.2, -0.15) is 9.10 Å². The molecule has 0 fully saturated rings. The molecule has 5 aromatic rings. The molecule has 0 aliphatic rings. The molecular formula is C45H59IN6O8S2Si. The van der Waals surface area contributed by atoms with E-state index in [9.17, 15) is 9.90 Å². The first-order valence-electron chi connectivity index (χ1n) is 20.4. The van der Waals surface area contributed by atoms with E-state index in [1.54, 1.807) is 51.7 Å². The van der Waals surface area contributed by atoms with Crippen LogP contribution in [0.15, 0.2) is 94.7 Å². The quantitative estimate of drug-likeness (QED) is 0.0475. The number of nitrogens with zero attached hydrogens (tertiary/aromatic N) is 6. The number of tetrazole rings is 1. The zero-order chi connectivity index (χ0) is 46.3. The molecule has 18 heteroatoms. The minimum Gasteiger partial charge on any atom is -0.497 e. The van der Waals surface area contributed by atoms with Crippen LogP contribution in [-0.2, 0) is 34.1 Å². The summed E-state index contributed by atoms with van der Waals surface area (Å²) < 4.78 is 56.7. The van der Waals surface area contributed by atoms with Crippen LogP contribution in [0.1, 0.15) is 58.2 Å². The van der Waals surface area contributed by atoms with Gasteiger partial charge in [0.2, 0.25) is 15.8 Å². The van der Waals surface area contributed by atoms with Gasteiger partial charge in [-0.15, -0.1) is 22.0 Å². The summed E-state index contributed by atoms with van der Waals surface area (Å²) in [4.78, 5) is 16.0. The second-order valence-electron chi connectivity index (χ2n) is 17.6. The number of thioether (sulfide) groups is 1. The number of rotatable bonds is 19. The molecule has 1 atom stereocenters. The Morgan fingerprint density at radius 2 is 1.30 bits per heavy atom. The van der Waals surface area contributed by atoms with Gasteiger partial charge >= 0.3 is 6.09 Å². The monoisotopic (exact) mass is 1030 g/mol. The Morgan fingerprint density at radius 3 is 1.75 bits per heavy atom. The number of aromatic nitrogens is 4. The summed E-state index contributed by atoms with van der Waals surface area (Å²) in [7, 11) is -2.10. The van der Waals surface area contributed by atoms with Crippen LogP contribution >= 0.6 is 34.4 Å². The molecule has 0 aliphatic carbocycles. The second-order valence-corrected chi connectivity index (χ2v) is 26.4. The molecule has 0 aliphatic heterocycles. The van der Waals surface area contributed by atoms with Crippen molar-refractivity contribution < 1.29 is 37.0 Å². The van der Waals surface area contributed by atoms with Gasteiger partial charge in [-0.05, 0) is 132 Å². The van der Waals surface area contributed by atoms with Crippen LogP contribution in [-0.4, -0.2) is 103 Å². The minimum absolute atomic E-state index is 0.0161. The van der Waals surface area contributed by atoms with Gasteiger partial charge in [-0.3, -0.25) is 0 Å². The third-order valence-corrected chi connectivity index (χ3v) is 19.6. The molecule has 0 radical (unpaired) electrons. The Balaban J connectivity index is 1.67. The number of methoxy groups -OCH3 is 3. The van der Waals surface area contributed by atoms with Crippen molar-refractivity contribution >= 4 is 58.8 Å². The van der Waals surface area contributed by atoms with Crippen LogP contribution in [0.25, 0.3) is 11.4 Å². The summed E-state index contributed by atoms with van der Waals surface area (Å²) >= 11 is 3.44. The number of carboxylic acid groups (broad SMARTS) is 1. The van der Waals surface area contributed by atoms with Crippen molar-refractivity contribution in [3.8, 4) is 28.6 Å². The molecule has 14 nitrogen and oxygen atoms in total. The lowest BCUT2D eigenvalue weighted by atomic mass is 10.1. The summed E-state index contributed by atoms with van der Waals surface area (Å²) in [6.07, 6.45) is -1.64. The summed E-state index contributed by atoms with van der Waals surface area (Å²) in [6.45, 7) is 16.6. The third-order valence-electron chi connectivity index (χ3n) is 11.0. The highest BCUT2D eigenvalue weighted by molar-refractivity contribution is 14.1. The van der Waals surface area contributed by atoms with Crippen molar-refractivity contribution in [2.45, 2.75) is 101 Å². The molecule has 5 rings (SSSR count). The van der Waals surface area contributed by atoms with Gasteiger partial charge < -0.3 is 28.6 Å². The number of ether oxygens (including phenoxy) is 3. The van der Waals surface area contributed by atoms with Gasteiger partial charge in [0.05, 0.1) is 46.1 Å². The number of halogens is 1.